The third-order valence-corrected chi connectivity index (χ3v) is 11.4. The number of carboxylic acids is 5. The number of anilines is 2. The summed E-state index contributed by atoms with van der Waals surface area (Å²) in [5.74, 6) is -15.1. The van der Waals surface area contributed by atoms with Gasteiger partial charge in [0.25, 0.3) is 0 Å². The van der Waals surface area contributed by atoms with Crippen LogP contribution in [0.4, 0.5) is 15.9 Å². The van der Waals surface area contributed by atoms with Crippen molar-refractivity contribution in [3.8, 4) is 11.1 Å². The largest absolute Gasteiger partial charge is 0.481 e. The van der Waals surface area contributed by atoms with Crippen LogP contribution in [0.15, 0.2) is 60.7 Å². The van der Waals surface area contributed by atoms with E-state index in [4.69, 9.17) is 10.8 Å². The first-order chi connectivity index (χ1) is 34.0. The number of halogens is 1. The van der Waals surface area contributed by atoms with Gasteiger partial charge >= 0.3 is 29.8 Å². The van der Waals surface area contributed by atoms with Crippen molar-refractivity contribution in [3.05, 3.63) is 77.6 Å². The number of nitrogens with two attached hydrogens (primary N) is 1. The number of H-pyrrole nitrogens is 1. The number of aromatic amines is 1. The van der Waals surface area contributed by atoms with Crippen molar-refractivity contribution < 1.29 is 82.7 Å². The van der Waals surface area contributed by atoms with Gasteiger partial charge in [-0.05, 0) is 73.6 Å². The number of benzene rings is 3. The summed E-state index contributed by atoms with van der Waals surface area (Å²) in [6, 6.07) is 11.5. The zero-order valence-corrected chi connectivity index (χ0v) is 38.8. The Labute approximate surface area is 409 Å². The van der Waals surface area contributed by atoms with Crippen molar-refractivity contribution in [2.24, 2.45) is 17.6 Å². The number of Topliss-reactive ketones (excluding diaryl/α,β-unsaturated/α-hetero) is 2. The third-order valence-electron chi connectivity index (χ3n) is 11.4. The molecule has 0 fully saturated rings. The highest BCUT2D eigenvalue weighted by molar-refractivity contribution is 6.07. The molecule has 3 aromatic carbocycles. The number of ketones is 2. The van der Waals surface area contributed by atoms with Crippen LogP contribution in [0.3, 0.4) is 0 Å². The van der Waals surface area contributed by atoms with Gasteiger partial charge in [0, 0.05) is 44.2 Å². The van der Waals surface area contributed by atoms with Crippen molar-refractivity contribution in [1.82, 2.24) is 20.8 Å². The molecular formula is C48H54FN7O16. The molecule has 0 spiro atoms. The van der Waals surface area contributed by atoms with E-state index in [1.165, 1.54) is 6.07 Å². The minimum Gasteiger partial charge on any atom is -0.481 e. The van der Waals surface area contributed by atoms with Gasteiger partial charge in [0.2, 0.25) is 23.6 Å². The van der Waals surface area contributed by atoms with Gasteiger partial charge in [0.05, 0.1) is 41.6 Å². The van der Waals surface area contributed by atoms with E-state index < -0.39 is 165 Å². The summed E-state index contributed by atoms with van der Waals surface area (Å²) in [5.41, 5.74) is 9.30. The molecule has 4 amide bonds. The Morgan fingerprint density at radius 3 is 1.79 bits per heavy atom. The van der Waals surface area contributed by atoms with Crippen LogP contribution in [0.5, 0.6) is 0 Å². The fraction of sp³-hybridized carbons (Fsp3) is 0.375. The van der Waals surface area contributed by atoms with Gasteiger partial charge in [-0.1, -0.05) is 42.0 Å². The van der Waals surface area contributed by atoms with Crippen LogP contribution in [-0.4, -0.2) is 119 Å². The molecule has 72 heavy (non-hydrogen) atoms. The maximum Gasteiger partial charge on any atom is 0.326 e. The summed E-state index contributed by atoms with van der Waals surface area (Å²) < 4.78 is 14.2. The van der Waals surface area contributed by atoms with E-state index in [2.05, 4.69) is 31.5 Å². The van der Waals surface area contributed by atoms with Gasteiger partial charge in [-0.2, -0.15) is 5.10 Å². The first kappa shape index (κ1) is 56.2. The van der Waals surface area contributed by atoms with E-state index >= 15 is 0 Å². The van der Waals surface area contributed by atoms with E-state index in [9.17, 15) is 77.6 Å². The molecule has 5 atom stereocenters. The van der Waals surface area contributed by atoms with Gasteiger partial charge in [-0.25, -0.2) is 14.0 Å². The zero-order chi connectivity index (χ0) is 53.2. The summed E-state index contributed by atoms with van der Waals surface area (Å²) >= 11 is 0. The standard InChI is InChI=1S/C48H54FN7O16/c1-24-5-14-33(49)28(19-24)22-39(60)51-29-10-6-25(7-11-29)32-3-2-4-35-42(32)43(56-55-35)54-40(61)23-34(50)44(64)53-37(48(71)72)16-13-31(58)20-26(45(65)66)8-17-38(59)52-36(47(69)70)15-12-30(57)21-27(46(67)68)9-18-41(62)63/h2-7,10-11,14,19,26-27,34,36-37H,8-9,12-13,15-18,20-23,50H2,1H3,(H,51,60)(H,52,59)(H,53,64)(H,62,63)(H,65,66)(H,67,68)(H,69,70)(H,71,72)(H2,54,55,56,61)/t26-,27-,34+,36+,37+/m1/s1. The maximum atomic E-state index is 14.2. The van der Waals surface area contributed by atoms with Crippen molar-refractivity contribution >= 4 is 87.4 Å². The van der Waals surface area contributed by atoms with Crippen LogP contribution in [0, 0.1) is 24.6 Å². The lowest BCUT2D eigenvalue weighted by atomic mass is 9.94. The fourth-order valence-corrected chi connectivity index (χ4v) is 7.48. The number of carbonyl (C=O) groups is 11. The summed E-state index contributed by atoms with van der Waals surface area (Å²) in [6.07, 6.45) is -5.91. The number of amides is 4. The molecule has 24 heteroatoms. The Hall–Kier alpha value is -8.41. The van der Waals surface area contributed by atoms with Gasteiger partial charge < -0.3 is 52.5 Å². The second-order valence-electron chi connectivity index (χ2n) is 17.0. The monoisotopic (exact) mass is 1000 g/mol. The molecule has 0 saturated heterocycles. The van der Waals surface area contributed by atoms with Gasteiger partial charge in [-0.3, -0.25) is 48.2 Å². The normalized spacial score (nSPS) is 13.1. The molecule has 1 aromatic heterocycles. The second kappa shape index (κ2) is 26.5. The average Bonchev–Trinajstić information content (AvgIpc) is 3.72. The molecule has 1 heterocycles. The van der Waals surface area contributed by atoms with Gasteiger partial charge in [-0.15, -0.1) is 0 Å². The summed E-state index contributed by atoms with van der Waals surface area (Å²) in [7, 11) is 0. The van der Waals surface area contributed by atoms with Crippen molar-refractivity contribution in [3.63, 3.8) is 0 Å². The third kappa shape index (κ3) is 17.5. The number of hydrogen-bond donors (Lipinski definition) is 11. The van der Waals surface area contributed by atoms with Gasteiger partial charge in [0.1, 0.15) is 29.5 Å². The van der Waals surface area contributed by atoms with E-state index in [0.29, 0.717) is 27.7 Å². The minimum atomic E-state index is -1.70. The lowest BCUT2D eigenvalue weighted by molar-refractivity contribution is -0.145. The molecule has 4 aromatic rings. The number of aromatic nitrogens is 2. The van der Waals surface area contributed by atoms with Gasteiger partial charge in [0.15, 0.2) is 5.82 Å². The predicted molar refractivity (Wildman–Crippen MR) is 251 cm³/mol. The molecule has 384 valence electrons. The van der Waals surface area contributed by atoms with Crippen molar-refractivity contribution in [2.45, 2.75) is 102 Å². The summed E-state index contributed by atoms with van der Waals surface area (Å²) in [4.78, 5) is 135. The molecule has 0 aliphatic carbocycles. The summed E-state index contributed by atoms with van der Waals surface area (Å²) in [6.45, 7) is 1.79. The fourth-order valence-electron chi connectivity index (χ4n) is 7.48. The highest BCUT2D eigenvalue weighted by atomic mass is 19.1. The number of nitrogens with zero attached hydrogens (tertiary/aromatic N) is 1. The van der Waals surface area contributed by atoms with Crippen LogP contribution < -0.4 is 27.0 Å². The lowest BCUT2D eigenvalue weighted by Gasteiger charge is -2.18. The Bertz CT molecular complexity index is 2710. The molecule has 0 aliphatic heterocycles. The molecule has 0 aliphatic rings. The van der Waals surface area contributed by atoms with E-state index in [0.717, 1.165) is 5.56 Å². The van der Waals surface area contributed by atoms with Crippen molar-refractivity contribution in [1.29, 1.82) is 0 Å². The number of fused-ring (bicyclic) bond motifs is 1. The van der Waals surface area contributed by atoms with Crippen LogP contribution in [0.25, 0.3) is 22.0 Å². The van der Waals surface area contributed by atoms with Crippen molar-refractivity contribution in [2.75, 3.05) is 10.6 Å². The molecule has 0 saturated carbocycles. The molecule has 4 rings (SSSR count). The Morgan fingerprint density at radius 2 is 1.22 bits per heavy atom. The maximum absolute atomic E-state index is 14.2. The number of nitrogens with one attached hydrogen (secondary N) is 5. The summed E-state index contributed by atoms with van der Waals surface area (Å²) in [5, 5.41) is 64.2. The minimum absolute atomic E-state index is 0.0773. The SMILES string of the molecule is Cc1ccc(F)c(CC(=O)Nc2ccc(-c3cccc4[nH]nc(NC(=O)C[C@H](N)C(=O)N[C@@H](CCC(=O)C[C@@H](CCC(=O)N[C@@H](CCC(=O)C[C@@H](CCC(=O)O)C(=O)O)C(=O)O)C(=O)O)C(=O)O)c34)cc2)c1. The first-order valence-electron chi connectivity index (χ1n) is 22.4. The number of rotatable bonds is 30. The smallest absolute Gasteiger partial charge is 0.326 e. The van der Waals surface area contributed by atoms with Crippen LogP contribution >= 0.6 is 0 Å². The number of aliphatic carboxylic acids is 5. The Balaban J connectivity index is 1.26. The van der Waals surface area contributed by atoms with Crippen LogP contribution in [0.2, 0.25) is 0 Å². The predicted octanol–water partition coefficient (Wildman–Crippen LogP) is 3.18. The van der Waals surface area contributed by atoms with E-state index in [-0.39, 0.29) is 24.2 Å². The lowest BCUT2D eigenvalue weighted by Crippen LogP contribution is -2.49. The molecular weight excluding hydrogens is 950 g/mol. The molecule has 0 unspecified atom stereocenters. The number of hydrogen-bond acceptors (Lipinski definition) is 13. The first-order valence-corrected chi connectivity index (χ1v) is 22.4. The topological polar surface area (TPSA) is 392 Å². The number of aryl methyl sites for hydroxylation is 1. The Kier molecular flexibility index (Phi) is 20.7. The molecule has 0 radical (unpaired) electrons. The molecule has 23 nitrogen and oxygen atoms in total. The van der Waals surface area contributed by atoms with E-state index in [1.54, 1.807) is 61.5 Å². The highest BCUT2D eigenvalue weighted by Crippen LogP contribution is 2.33. The number of carbonyl (C=O) groups excluding carboxylic acids is 6. The Morgan fingerprint density at radius 1 is 0.639 bits per heavy atom. The molecule has 12 N–H and O–H groups in total. The molecule has 0 bridgehead atoms. The van der Waals surface area contributed by atoms with Crippen LogP contribution in [0.1, 0.15) is 81.8 Å². The van der Waals surface area contributed by atoms with E-state index in [1.807, 2.05) is 0 Å². The zero-order valence-electron chi connectivity index (χ0n) is 38.8. The second-order valence-corrected chi connectivity index (χ2v) is 17.0. The van der Waals surface area contributed by atoms with Crippen LogP contribution in [-0.2, 0) is 59.2 Å². The average molecular weight is 1000 g/mol. The quantitative estimate of drug-likeness (QED) is 0.0357. The number of carboxylic acid groups (broad SMARTS) is 5. The highest BCUT2D eigenvalue weighted by Gasteiger charge is 2.30.